The van der Waals surface area contributed by atoms with Crippen molar-refractivity contribution in [1.82, 2.24) is 15.2 Å². The first-order valence-corrected chi connectivity index (χ1v) is 6.25. The minimum atomic E-state index is -1.08. The molecule has 1 heterocycles. The van der Waals surface area contributed by atoms with Crippen LogP contribution < -0.4 is 11.2 Å². The van der Waals surface area contributed by atoms with E-state index in [9.17, 15) is 9.59 Å². The van der Waals surface area contributed by atoms with Gasteiger partial charge in [-0.25, -0.2) is 10.1 Å². The first kappa shape index (κ1) is 14.4. The third-order valence-corrected chi connectivity index (χ3v) is 2.93. The number of rotatable bonds is 3. The van der Waals surface area contributed by atoms with Crippen molar-refractivity contribution < 1.29 is 9.59 Å². The van der Waals surface area contributed by atoms with E-state index < -0.39 is 11.8 Å². The molecule has 0 aliphatic heterocycles. The number of aromatic nitrogens is 2. The second-order valence-electron chi connectivity index (χ2n) is 4.40. The Morgan fingerprint density at radius 1 is 1.29 bits per heavy atom. The van der Waals surface area contributed by atoms with E-state index in [2.05, 4.69) is 15.6 Å². The molecule has 0 atom stereocenters. The van der Waals surface area contributed by atoms with Crippen molar-refractivity contribution >= 4 is 18.0 Å². The number of amides is 2. The topological polar surface area (TPSA) is 102 Å². The molecule has 3 N–H and O–H groups in total. The third-order valence-electron chi connectivity index (χ3n) is 2.93. The number of nitrogens with one attached hydrogen (secondary N) is 1. The molecular formula is C14H15N5O2. The van der Waals surface area contributed by atoms with Gasteiger partial charge in [-0.15, -0.1) is 0 Å². The lowest BCUT2D eigenvalue weighted by atomic mass is 10.2. The molecule has 108 valence electrons. The Bertz CT molecular complexity index is 704. The number of hydrazone groups is 1. The SMILES string of the molecule is Cc1nn(-c2ccccc2)c(C)c1/C=N\NC(=O)C(N)=O. The summed E-state index contributed by atoms with van der Waals surface area (Å²) in [5.74, 6) is -2.04. The number of para-hydroxylation sites is 1. The van der Waals surface area contributed by atoms with Crippen LogP contribution in [0.2, 0.25) is 0 Å². The highest BCUT2D eigenvalue weighted by Crippen LogP contribution is 2.15. The van der Waals surface area contributed by atoms with Gasteiger partial charge in [0.1, 0.15) is 0 Å². The van der Waals surface area contributed by atoms with E-state index in [1.165, 1.54) is 6.21 Å². The van der Waals surface area contributed by atoms with Crippen LogP contribution in [0.1, 0.15) is 17.0 Å². The van der Waals surface area contributed by atoms with Crippen LogP contribution >= 0.6 is 0 Å². The number of nitrogens with two attached hydrogens (primary N) is 1. The monoisotopic (exact) mass is 285 g/mol. The van der Waals surface area contributed by atoms with Gasteiger partial charge in [-0.05, 0) is 26.0 Å². The van der Waals surface area contributed by atoms with Gasteiger partial charge < -0.3 is 5.73 Å². The van der Waals surface area contributed by atoms with Crippen LogP contribution in [-0.2, 0) is 9.59 Å². The molecule has 7 heteroatoms. The maximum atomic E-state index is 11.0. The summed E-state index contributed by atoms with van der Waals surface area (Å²) in [5.41, 5.74) is 10.2. The Kier molecular flexibility index (Phi) is 4.13. The summed E-state index contributed by atoms with van der Waals surface area (Å²) in [5, 5.41) is 8.15. The van der Waals surface area contributed by atoms with Crippen molar-refractivity contribution in [2.45, 2.75) is 13.8 Å². The summed E-state index contributed by atoms with van der Waals surface area (Å²) in [6, 6.07) is 9.65. The van der Waals surface area contributed by atoms with Gasteiger partial charge in [0.05, 0.1) is 23.3 Å². The molecular weight excluding hydrogens is 270 g/mol. The molecule has 2 rings (SSSR count). The van der Waals surface area contributed by atoms with E-state index in [4.69, 9.17) is 5.73 Å². The Hall–Kier alpha value is -2.96. The van der Waals surface area contributed by atoms with Crippen molar-refractivity contribution in [2.24, 2.45) is 10.8 Å². The maximum absolute atomic E-state index is 11.0. The van der Waals surface area contributed by atoms with Gasteiger partial charge in [-0.3, -0.25) is 9.59 Å². The number of hydrogen-bond acceptors (Lipinski definition) is 4. The zero-order chi connectivity index (χ0) is 15.4. The molecule has 2 aromatic rings. The fourth-order valence-corrected chi connectivity index (χ4v) is 1.87. The molecule has 21 heavy (non-hydrogen) atoms. The zero-order valence-electron chi connectivity index (χ0n) is 11.7. The molecule has 0 unspecified atom stereocenters. The van der Waals surface area contributed by atoms with Crippen LogP contribution in [0.25, 0.3) is 5.69 Å². The standard InChI is InChI=1S/C14H15N5O2/c1-9-12(8-16-17-14(21)13(15)20)10(2)19(18-9)11-6-4-3-5-7-11/h3-8H,1-2H3,(H2,15,20)(H,17,21)/b16-8-. The summed E-state index contributed by atoms with van der Waals surface area (Å²) in [6.45, 7) is 3.73. The first-order chi connectivity index (χ1) is 10.0. The van der Waals surface area contributed by atoms with E-state index in [0.29, 0.717) is 0 Å². The number of carbonyl (C=O) groups excluding carboxylic acids is 2. The van der Waals surface area contributed by atoms with E-state index in [0.717, 1.165) is 22.6 Å². The van der Waals surface area contributed by atoms with Gasteiger partial charge in [-0.2, -0.15) is 10.2 Å². The quantitative estimate of drug-likeness (QED) is 0.485. The lowest BCUT2D eigenvalue weighted by Gasteiger charge is -2.03. The Balaban J connectivity index is 2.26. The summed E-state index contributed by atoms with van der Waals surface area (Å²) in [7, 11) is 0. The number of benzene rings is 1. The number of nitrogens with zero attached hydrogens (tertiary/aromatic N) is 3. The van der Waals surface area contributed by atoms with Gasteiger partial charge in [0, 0.05) is 5.56 Å². The minimum Gasteiger partial charge on any atom is -0.361 e. The first-order valence-electron chi connectivity index (χ1n) is 6.25. The molecule has 0 aliphatic rings. The highest BCUT2D eigenvalue weighted by atomic mass is 16.2. The van der Waals surface area contributed by atoms with Crippen LogP contribution in [0.5, 0.6) is 0 Å². The molecule has 2 amide bonds. The Labute approximate surface area is 121 Å². The summed E-state index contributed by atoms with van der Waals surface area (Å²) in [4.78, 5) is 21.6. The number of aryl methyl sites for hydroxylation is 1. The lowest BCUT2D eigenvalue weighted by Crippen LogP contribution is -2.32. The molecule has 0 saturated carbocycles. The van der Waals surface area contributed by atoms with E-state index in [1.54, 1.807) is 4.68 Å². The Morgan fingerprint density at radius 3 is 2.57 bits per heavy atom. The van der Waals surface area contributed by atoms with Crippen LogP contribution in [0.15, 0.2) is 35.4 Å². The van der Waals surface area contributed by atoms with Crippen molar-refractivity contribution in [3.05, 3.63) is 47.3 Å². The average molecular weight is 285 g/mol. The predicted octanol–water partition coefficient (Wildman–Crippen LogP) is 0.425. The largest absolute Gasteiger partial charge is 0.361 e. The fraction of sp³-hybridized carbons (Fsp3) is 0.143. The van der Waals surface area contributed by atoms with Gasteiger partial charge in [0.15, 0.2) is 0 Å². The van der Waals surface area contributed by atoms with Crippen molar-refractivity contribution in [1.29, 1.82) is 0 Å². The van der Waals surface area contributed by atoms with Crippen molar-refractivity contribution in [3.8, 4) is 5.69 Å². The smallest absolute Gasteiger partial charge is 0.329 e. The highest BCUT2D eigenvalue weighted by Gasteiger charge is 2.11. The van der Waals surface area contributed by atoms with Crippen LogP contribution in [0.3, 0.4) is 0 Å². The molecule has 0 fully saturated rings. The number of hydrogen-bond donors (Lipinski definition) is 2. The van der Waals surface area contributed by atoms with Crippen molar-refractivity contribution in [3.63, 3.8) is 0 Å². The predicted molar refractivity (Wildman–Crippen MR) is 78.0 cm³/mol. The fourth-order valence-electron chi connectivity index (χ4n) is 1.87. The van der Waals surface area contributed by atoms with Gasteiger partial charge in [0.2, 0.25) is 0 Å². The average Bonchev–Trinajstić information content (AvgIpc) is 2.75. The molecule has 0 radical (unpaired) electrons. The molecule has 0 spiro atoms. The van der Waals surface area contributed by atoms with Gasteiger partial charge >= 0.3 is 11.8 Å². The van der Waals surface area contributed by atoms with E-state index in [1.807, 2.05) is 44.2 Å². The zero-order valence-corrected chi connectivity index (χ0v) is 11.7. The molecule has 7 nitrogen and oxygen atoms in total. The number of primary amides is 1. The van der Waals surface area contributed by atoms with Crippen LogP contribution in [0.4, 0.5) is 0 Å². The molecule has 0 aliphatic carbocycles. The molecule has 0 saturated heterocycles. The second-order valence-corrected chi connectivity index (χ2v) is 4.40. The number of carbonyl (C=O) groups is 2. The summed E-state index contributed by atoms with van der Waals surface area (Å²) < 4.78 is 1.78. The minimum absolute atomic E-state index is 0.758. The van der Waals surface area contributed by atoms with Gasteiger partial charge in [-0.1, -0.05) is 18.2 Å². The molecule has 1 aromatic carbocycles. The van der Waals surface area contributed by atoms with E-state index >= 15 is 0 Å². The lowest BCUT2D eigenvalue weighted by molar-refractivity contribution is -0.137. The summed E-state index contributed by atoms with van der Waals surface area (Å²) in [6.07, 6.45) is 1.44. The summed E-state index contributed by atoms with van der Waals surface area (Å²) >= 11 is 0. The molecule has 1 aromatic heterocycles. The molecule has 0 bridgehead atoms. The third kappa shape index (κ3) is 3.14. The highest BCUT2D eigenvalue weighted by molar-refractivity contribution is 6.34. The van der Waals surface area contributed by atoms with Gasteiger partial charge in [0.25, 0.3) is 0 Å². The Morgan fingerprint density at radius 2 is 1.95 bits per heavy atom. The van der Waals surface area contributed by atoms with E-state index in [-0.39, 0.29) is 0 Å². The van der Waals surface area contributed by atoms with Crippen LogP contribution in [0, 0.1) is 13.8 Å². The normalized spacial score (nSPS) is 10.8. The second kappa shape index (κ2) is 6.00. The van der Waals surface area contributed by atoms with Crippen molar-refractivity contribution in [2.75, 3.05) is 0 Å². The van der Waals surface area contributed by atoms with Crippen LogP contribution in [-0.4, -0.2) is 27.8 Å². The maximum Gasteiger partial charge on any atom is 0.329 e.